The molecule has 0 N–H and O–H groups in total. The van der Waals surface area contributed by atoms with E-state index in [1.54, 1.807) is 12.3 Å². The predicted octanol–water partition coefficient (Wildman–Crippen LogP) is 3.49. The lowest BCUT2D eigenvalue weighted by Crippen LogP contribution is -2.24. The third-order valence-electron chi connectivity index (χ3n) is 4.64. The lowest BCUT2D eigenvalue weighted by Gasteiger charge is -2.26. The molecule has 1 aromatic heterocycles. The molecule has 4 rings (SSSR count). The van der Waals surface area contributed by atoms with E-state index >= 15 is 0 Å². The molecule has 1 aromatic carbocycles. The Hall–Kier alpha value is -2.83. The molecule has 0 saturated carbocycles. The van der Waals surface area contributed by atoms with Crippen LogP contribution in [0.5, 0.6) is 11.5 Å². The Kier molecular flexibility index (Phi) is 4.13. The number of hydrogen-bond acceptors (Lipinski definition) is 6. The third-order valence-corrected chi connectivity index (χ3v) is 4.64. The standard InChI is InChI=1S/C18H19N3O4/c22-21(23)15-4-1-8-19-18(15)20-9-2-5-14(20)13-6-7-16-17(12-13)25-11-3-10-24-16/h1,4,6-8,12,14H,2-3,5,9-11H2. The average Bonchev–Trinajstić information content (AvgIpc) is 3.00. The highest BCUT2D eigenvalue weighted by molar-refractivity contribution is 5.60. The van der Waals surface area contributed by atoms with Gasteiger partial charge < -0.3 is 14.4 Å². The van der Waals surface area contributed by atoms with Crippen molar-refractivity contribution < 1.29 is 14.4 Å². The van der Waals surface area contributed by atoms with Gasteiger partial charge in [-0.05, 0) is 36.6 Å². The van der Waals surface area contributed by atoms with Crippen molar-refractivity contribution in [2.24, 2.45) is 0 Å². The molecular formula is C18H19N3O4. The summed E-state index contributed by atoms with van der Waals surface area (Å²) in [6, 6.07) is 9.10. The molecule has 7 nitrogen and oxygen atoms in total. The van der Waals surface area contributed by atoms with Gasteiger partial charge in [0.25, 0.3) is 0 Å². The molecule has 1 unspecified atom stereocenters. The number of aromatic nitrogens is 1. The van der Waals surface area contributed by atoms with Gasteiger partial charge >= 0.3 is 5.69 Å². The molecule has 3 heterocycles. The zero-order chi connectivity index (χ0) is 17.2. The minimum absolute atomic E-state index is 0.0451. The summed E-state index contributed by atoms with van der Waals surface area (Å²) < 4.78 is 11.5. The number of fused-ring (bicyclic) bond motifs is 1. The Balaban J connectivity index is 1.69. The smallest absolute Gasteiger partial charge is 0.311 e. The second-order valence-corrected chi connectivity index (χ2v) is 6.21. The van der Waals surface area contributed by atoms with Gasteiger partial charge in [-0.3, -0.25) is 10.1 Å². The fourth-order valence-corrected chi connectivity index (χ4v) is 3.51. The number of rotatable bonds is 3. The van der Waals surface area contributed by atoms with E-state index < -0.39 is 0 Å². The third kappa shape index (κ3) is 2.97. The van der Waals surface area contributed by atoms with Crippen LogP contribution in [0.25, 0.3) is 0 Å². The molecule has 0 amide bonds. The minimum atomic E-state index is -0.369. The highest BCUT2D eigenvalue weighted by Gasteiger charge is 2.32. The van der Waals surface area contributed by atoms with Gasteiger partial charge in [0.05, 0.1) is 24.2 Å². The summed E-state index contributed by atoms with van der Waals surface area (Å²) in [6.45, 7) is 2.04. The number of nitro groups is 1. The van der Waals surface area contributed by atoms with Crippen LogP contribution in [0.1, 0.15) is 30.9 Å². The van der Waals surface area contributed by atoms with Crippen molar-refractivity contribution in [3.8, 4) is 11.5 Å². The number of ether oxygens (including phenoxy) is 2. The lowest BCUT2D eigenvalue weighted by molar-refractivity contribution is -0.384. The Morgan fingerprint density at radius 2 is 2.00 bits per heavy atom. The van der Waals surface area contributed by atoms with Crippen molar-refractivity contribution in [3.63, 3.8) is 0 Å². The van der Waals surface area contributed by atoms with Crippen molar-refractivity contribution in [1.82, 2.24) is 4.98 Å². The molecule has 2 aromatic rings. The minimum Gasteiger partial charge on any atom is -0.490 e. The largest absolute Gasteiger partial charge is 0.490 e. The molecular weight excluding hydrogens is 322 g/mol. The molecule has 1 atom stereocenters. The summed E-state index contributed by atoms with van der Waals surface area (Å²) in [7, 11) is 0. The SMILES string of the molecule is O=[N+]([O-])c1cccnc1N1CCCC1c1ccc2c(c1)OCCCO2. The first-order valence-corrected chi connectivity index (χ1v) is 8.49. The predicted molar refractivity (Wildman–Crippen MR) is 92.3 cm³/mol. The van der Waals surface area contributed by atoms with Gasteiger partial charge in [0.1, 0.15) is 0 Å². The molecule has 25 heavy (non-hydrogen) atoms. The molecule has 130 valence electrons. The van der Waals surface area contributed by atoms with Gasteiger partial charge in [0, 0.05) is 25.2 Å². The highest BCUT2D eigenvalue weighted by atomic mass is 16.6. The Morgan fingerprint density at radius 1 is 1.16 bits per heavy atom. The van der Waals surface area contributed by atoms with Crippen molar-refractivity contribution in [1.29, 1.82) is 0 Å². The fourth-order valence-electron chi connectivity index (χ4n) is 3.51. The van der Waals surface area contributed by atoms with Crippen molar-refractivity contribution in [2.75, 3.05) is 24.7 Å². The first-order chi connectivity index (χ1) is 12.2. The quantitative estimate of drug-likeness (QED) is 0.628. The van der Waals surface area contributed by atoms with E-state index in [9.17, 15) is 10.1 Å². The maximum Gasteiger partial charge on any atom is 0.311 e. The normalized spacial score (nSPS) is 19.5. The maximum atomic E-state index is 11.4. The van der Waals surface area contributed by atoms with Crippen molar-refractivity contribution in [2.45, 2.75) is 25.3 Å². The second-order valence-electron chi connectivity index (χ2n) is 6.21. The lowest BCUT2D eigenvalue weighted by atomic mass is 10.0. The van der Waals surface area contributed by atoms with Crippen molar-refractivity contribution in [3.05, 3.63) is 52.2 Å². The number of pyridine rings is 1. The summed E-state index contributed by atoms with van der Waals surface area (Å²) in [4.78, 5) is 17.3. The van der Waals surface area contributed by atoms with Crippen LogP contribution in [-0.2, 0) is 0 Å². The van der Waals surface area contributed by atoms with Crippen LogP contribution in [0, 0.1) is 10.1 Å². The number of anilines is 1. The average molecular weight is 341 g/mol. The van der Waals surface area contributed by atoms with E-state index in [1.807, 2.05) is 23.1 Å². The molecule has 0 aliphatic carbocycles. The van der Waals surface area contributed by atoms with Crippen LogP contribution in [-0.4, -0.2) is 29.7 Å². The van der Waals surface area contributed by atoms with E-state index in [-0.39, 0.29) is 16.7 Å². The number of hydrogen-bond donors (Lipinski definition) is 0. The molecule has 1 saturated heterocycles. The van der Waals surface area contributed by atoms with E-state index in [0.29, 0.717) is 19.0 Å². The van der Waals surface area contributed by atoms with Gasteiger partial charge in [0.15, 0.2) is 11.5 Å². The number of nitrogens with zero attached hydrogens (tertiary/aromatic N) is 3. The van der Waals surface area contributed by atoms with Gasteiger partial charge in [-0.2, -0.15) is 0 Å². The van der Waals surface area contributed by atoms with E-state index in [1.165, 1.54) is 6.07 Å². The molecule has 0 bridgehead atoms. The van der Waals surface area contributed by atoms with Crippen LogP contribution in [0.4, 0.5) is 11.5 Å². The summed E-state index contributed by atoms with van der Waals surface area (Å²) in [5.41, 5.74) is 1.12. The van der Waals surface area contributed by atoms with Crippen molar-refractivity contribution >= 4 is 11.5 Å². The van der Waals surface area contributed by atoms with E-state index in [0.717, 1.165) is 42.9 Å². The Bertz CT molecular complexity index is 796. The second kappa shape index (κ2) is 6.58. The zero-order valence-electron chi connectivity index (χ0n) is 13.8. The molecule has 1 fully saturated rings. The van der Waals surface area contributed by atoms with Crippen LogP contribution < -0.4 is 14.4 Å². The maximum absolute atomic E-state index is 11.4. The van der Waals surface area contributed by atoms with Crippen LogP contribution in [0.2, 0.25) is 0 Å². The molecule has 7 heteroatoms. The fraction of sp³-hybridized carbons (Fsp3) is 0.389. The first-order valence-electron chi connectivity index (χ1n) is 8.49. The zero-order valence-corrected chi connectivity index (χ0v) is 13.8. The van der Waals surface area contributed by atoms with Gasteiger partial charge in [-0.1, -0.05) is 6.07 Å². The van der Waals surface area contributed by atoms with Gasteiger partial charge in [0.2, 0.25) is 5.82 Å². The molecule has 2 aliphatic heterocycles. The number of benzene rings is 1. The molecule has 0 spiro atoms. The first kappa shape index (κ1) is 15.7. The molecule has 2 aliphatic rings. The summed E-state index contributed by atoms with van der Waals surface area (Å²) in [5.74, 6) is 1.94. The molecule has 0 radical (unpaired) electrons. The topological polar surface area (TPSA) is 77.7 Å². The summed E-state index contributed by atoms with van der Waals surface area (Å²) in [6.07, 6.45) is 4.35. The Labute approximate surface area is 145 Å². The van der Waals surface area contributed by atoms with E-state index in [2.05, 4.69) is 4.98 Å². The Morgan fingerprint density at radius 3 is 2.84 bits per heavy atom. The monoisotopic (exact) mass is 341 g/mol. The summed E-state index contributed by atoms with van der Waals surface area (Å²) in [5, 5.41) is 11.4. The van der Waals surface area contributed by atoms with Crippen LogP contribution in [0.3, 0.4) is 0 Å². The van der Waals surface area contributed by atoms with Gasteiger partial charge in [-0.25, -0.2) is 4.98 Å². The highest BCUT2D eigenvalue weighted by Crippen LogP contribution is 2.41. The van der Waals surface area contributed by atoms with Crippen LogP contribution >= 0.6 is 0 Å². The van der Waals surface area contributed by atoms with Gasteiger partial charge in [-0.15, -0.1) is 0 Å². The van der Waals surface area contributed by atoms with E-state index in [4.69, 9.17) is 9.47 Å². The summed E-state index contributed by atoms with van der Waals surface area (Å²) >= 11 is 0. The van der Waals surface area contributed by atoms with Crippen LogP contribution in [0.15, 0.2) is 36.5 Å².